The lowest BCUT2D eigenvalue weighted by molar-refractivity contribution is -0.150. The normalized spacial score (nSPS) is 13.3. The van der Waals surface area contributed by atoms with E-state index in [1.54, 1.807) is 6.33 Å². The van der Waals surface area contributed by atoms with Crippen LogP contribution >= 0.6 is 0 Å². The molecular weight excluding hydrogens is 344 g/mol. The summed E-state index contributed by atoms with van der Waals surface area (Å²) in [5.41, 5.74) is 9.40. The Morgan fingerprint density at radius 3 is 2.63 bits per heavy atom. The van der Waals surface area contributed by atoms with Crippen LogP contribution in [0.25, 0.3) is 0 Å². The van der Waals surface area contributed by atoms with Gasteiger partial charge in [0.15, 0.2) is 0 Å². The van der Waals surface area contributed by atoms with Crippen molar-refractivity contribution in [1.82, 2.24) is 15.3 Å². The van der Waals surface area contributed by atoms with Crippen molar-refractivity contribution in [2.45, 2.75) is 46.3 Å². The Hall–Kier alpha value is -2.67. The fraction of sp³-hybridized carbons (Fsp3) is 0.450. The van der Waals surface area contributed by atoms with Gasteiger partial charge in [0.05, 0.1) is 18.6 Å². The van der Waals surface area contributed by atoms with Crippen LogP contribution in [0.3, 0.4) is 0 Å². The van der Waals surface area contributed by atoms with E-state index in [2.05, 4.69) is 28.3 Å². The number of esters is 1. The van der Waals surface area contributed by atoms with Gasteiger partial charge >= 0.3 is 5.97 Å². The minimum Gasteiger partial charge on any atom is -0.459 e. The number of nitrogens with zero attached hydrogens (tertiary/aromatic N) is 1. The number of hydrogen-bond donors (Lipinski definition) is 3. The van der Waals surface area contributed by atoms with Crippen molar-refractivity contribution in [2.24, 2.45) is 11.7 Å². The van der Waals surface area contributed by atoms with Crippen molar-refractivity contribution >= 4 is 11.9 Å². The van der Waals surface area contributed by atoms with Crippen LogP contribution in [0.2, 0.25) is 0 Å². The number of aromatic amines is 1. The molecule has 0 spiro atoms. The van der Waals surface area contributed by atoms with Crippen LogP contribution in [-0.2, 0) is 20.9 Å². The highest BCUT2D eigenvalue weighted by molar-refractivity contribution is 5.85. The van der Waals surface area contributed by atoms with Crippen LogP contribution in [-0.4, -0.2) is 34.4 Å². The first-order chi connectivity index (χ1) is 12.8. The molecule has 1 unspecified atom stereocenters. The minimum absolute atomic E-state index is 0.0971. The Labute approximate surface area is 159 Å². The molecule has 0 bridgehead atoms. The lowest BCUT2D eigenvalue weighted by atomic mass is 9.91. The zero-order valence-electron chi connectivity index (χ0n) is 16.3. The van der Waals surface area contributed by atoms with Gasteiger partial charge in [-0.2, -0.15) is 0 Å². The molecule has 0 aliphatic heterocycles. The molecule has 7 heteroatoms. The summed E-state index contributed by atoms with van der Waals surface area (Å²) in [6.07, 6.45) is 3.54. The molecule has 146 valence electrons. The van der Waals surface area contributed by atoms with Gasteiger partial charge in [0.2, 0.25) is 5.91 Å². The SMILES string of the molecule is Cc1c(COC(=O)C(NC(=O)CN)C(C)C)cccc1[C@H](C)c1c[nH]cn1. The fourth-order valence-electron chi connectivity index (χ4n) is 2.97. The second kappa shape index (κ2) is 9.32. The maximum Gasteiger partial charge on any atom is 0.329 e. The summed E-state index contributed by atoms with van der Waals surface area (Å²) in [7, 11) is 0. The number of aromatic nitrogens is 2. The number of rotatable bonds is 8. The molecule has 0 radical (unpaired) electrons. The minimum atomic E-state index is -0.715. The van der Waals surface area contributed by atoms with E-state index in [1.165, 1.54) is 0 Å². The van der Waals surface area contributed by atoms with Gasteiger partial charge in [-0.25, -0.2) is 9.78 Å². The van der Waals surface area contributed by atoms with Crippen LogP contribution in [0.15, 0.2) is 30.7 Å². The summed E-state index contributed by atoms with van der Waals surface area (Å²) >= 11 is 0. The monoisotopic (exact) mass is 372 g/mol. The number of imidazole rings is 1. The Kier molecular flexibility index (Phi) is 7.12. The lowest BCUT2D eigenvalue weighted by Crippen LogP contribution is -2.47. The number of carbonyl (C=O) groups excluding carboxylic acids is 2. The molecule has 0 aliphatic carbocycles. The summed E-state index contributed by atoms with van der Waals surface area (Å²) in [6.45, 7) is 7.78. The third-order valence-corrected chi connectivity index (χ3v) is 4.71. The molecule has 1 heterocycles. The molecule has 1 amide bonds. The van der Waals surface area contributed by atoms with Gasteiger partial charge in [0.25, 0.3) is 0 Å². The Balaban J connectivity index is 2.10. The number of ether oxygens (including phenoxy) is 1. The number of carbonyl (C=O) groups is 2. The predicted molar refractivity (Wildman–Crippen MR) is 103 cm³/mol. The van der Waals surface area contributed by atoms with E-state index in [0.29, 0.717) is 0 Å². The van der Waals surface area contributed by atoms with Crippen LogP contribution in [0.1, 0.15) is 49.1 Å². The van der Waals surface area contributed by atoms with Crippen molar-refractivity contribution in [3.05, 3.63) is 53.1 Å². The largest absolute Gasteiger partial charge is 0.459 e. The van der Waals surface area contributed by atoms with Crippen LogP contribution < -0.4 is 11.1 Å². The van der Waals surface area contributed by atoms with Gasteiger partial charge in [-0.05, 0) is 29.5 Å². The third-order valence-electron chi connectivity index (χ3n) is 4.71. The first kappa shape index (κ1) is 20.6. The maximum atomic E-state index is 12.4. The highest BCUT2D eigenvalue weighted by Crippen LogP contribution is 2.27. The maximum absolute atomic E-state index is 12.4. The highest BCUT2D eigenvalue weighted by atomic mass is 16.5. The van der Waals surface area contributed by atoms with E-state index in [0.717, 1.165) is 22.4 Å². The number of nitrogens with two attached hydrogens (primary N) is 1. The van der Waals surface area contributed by atoms with Gasteiger partial charge in [-0.15, -0.1) is 0 Å². The zero-order chi connectivity index (χ0) is 20.0. The summed E-state index contributed by atoms with van der Waals surface area (Å²) in [4.78, 5) is 31.3. The lowest BCUT2D eigenvalue weighted by Gasteiger charge is -2.21. The van der Waals surface area contributed by atoms with Crippen LogP contribution in [0.4, 0.5) is 0 Å². The number of hydrogen-bond acceptors (Lipinski definition) is 5. The summed E-state index contributed by atoms with van der Waals surface area (Å²) in [6, 6.07) is 5.22. The Bertz CT molecular complexity index is 772. The second-order valence-electron chi connectivity index (χ2n) is 6.95. The van der Waals surface area contributed by atoms with E-state index in [9.17, 15) is 9.59 Å². The van der Waals surface area contributed by atoms with Gasteiger partial charge in [-0.3, -0.25) is 4.79 Å². The Morgan fingerprint density at radius 1 is 1.30 bits per heavy atom. The van der Waals surface area contributed by atoms with Crippen LogP contribution in [0, 0.1) is 12.8 Å². The van der Waals surface area contributed by atoms with E-state index in [4.69, 9.17) is 10.5 Å². The molecule has 1 aromatic heterocycles. The van der Waals surface area contributed by atoms with Crippen molar-refractivity contribution in [1.29, 1.82) is 0 Å². The molecule has 4 N–H and O–H groups in total. The van der Waals surface area contributed by atoms with E-state index < -0.39 is 12.0 Å². The number of H-pyrrole nitrogens is 1. The average Bonchev–Trinajstić information content (AvgIpc) is 3.18. The fourth-order valence-corrected chi connectivity index (χ4v) is 2.97. The molecule has 0 saturated carbocycles. The molecular formula is C20H28N4O3. The number of nitrogens with one attached hydrogen (secondary N) is 2. The standard InChI is InChI=1S/C20H28N4O3/c1-12(2)19(24-18(25)8-21)20(26)27-10-15-6-5-7-16(13(15)3)14(4)17-9-22-11-23-17/h5-7,9,11-12,14,19H,8,10,21H2,1-4H3,(H,22,23)(H,24,25)/t14-,19?/m0/s1. The van der Waals surface area contributed by atoms with Crippen molar-refractivity contribution in [2.75, 3.05) is 6.54 Å². The molecule has 0 fully saturated rings. The molecule has 2 rings (SSSR count). The topological polar surface area (TPSA) is 110 Å². The van der Waals surface area contributed by atoms with Gasteiger partial charge in [-0.1, -0.05) is 39.0 Å². The van der Waals surface area contributed by atoms with Gasteiger partial charge in [0, 0.05) is 12.1 Å². The number of benzene rings is 1. The zero-order valence-corrected chi connectivity index (χ0v) is 16.3. The quantitative estimate of drug-likeness (QED) is 0.614. The summed E-state index contributed by atoms with van der Waals surface area (Å²) in [5.74, 6) is -0.812. The smallest absolute Gasteiger partial charge is 0.329 e. The molecule has 0 saturated heterocycles. The van der Waals surface area contributed by atoms with Crippen LogP contribution in [0.5, 0.6) is 0 Å². The number of amides is 1. The molecule has 2 atom stereocenters. The highest BCUT2D eigenvalue weighted by Gasteiger charge is 2.25. The first-order valence-electron chi connectivity index (χ1n) is 9.08. The molecule has 1 aromatic carbocycles. The van der Waals surface area contributed by atoms with Gasteiger partial charge in [0.1, 0.15) is 12.6 Å². The second-order valence-corrected chi connectivity index (χ2v) is 6.95. The first-order valence-corrected chi connectivity index (χ1v) is 9.08. The Morgan fingerprint density at radius 2 is 2.04 bits per heavy atom. The van der Waals surface area contributed by atoms with Crippen molar-refractivity contribution in [3.8, 4) is 0 Å². The summed E-state index contributed by atoms with van der Waals surface area (Å²) in [5, 5.41) is 2.61. The van der Waals surface area contributed by atoms with Crippen molar-refractivity contribution in [3.63, 3.8) is 0 Å². The predicted octanol–water partition coefficient (Wildman–Crippen LogP) is 2.01. The van der Waals surface area contributed by atoms with E-state index in [-0.39, 0.29) is 30.9 Å². The third kappa shape index (κ3) is 5.17. The molecule has 0 aliphatic rings. The molecule has 27 heavy (non-hydrogen) atoms. The average molecular weight is 372 g/mol. The van der Waals surface area contributed by atoms with Crippen molar-refractivity contribution < 1.29 is 14.3 Å². The van der Waals surface area contributed by atoms with E-state index >= 15 is 0 Å². The van der Waals surface area contributed by atoms with Gasteiger partial charge < -0.3 is 20.8 Å². The molecule has 2 aromatic rings. The molecule has 7 nitrogen and oxygen atoms in total. The summed E-state index contributed by atoms with van der Waals surface area (Å²) < 4.78 is 5.49. The van der Waals surface area contributed by atoms with E-state index in [1.807, 2.05) is 39.1 Å².